The lowest BCUT2D eigenvalue weighted by molar-refractivity contribution is -0.126. The molecule has 1 aromatic rings. The summed E-state index contributed by atoms with van der Waals surface area (Å²) in [5, 5.41) is 0. The first kappa shape index (κ1) is 17.2. The largest absolute Gasteiger partial charge is 0.491 e. The van der Waals surface area contributed by atoms with Crippen LogP contribution in [0.5, 0.6) is 5.75 Å². The molecule has 2 fully saturated rings. The number of nitrogens with zero attached hydrogens (tertiary/aromatic N) is 1. The second-order valence-corrected chi connectivity index (χ2v) is 6.61. The first-order chi connectivity index (χ1) is 11.8. The zero-order chi connectivity index (χ0) is 16.8. The van der Waals surface area contributed by atoms with Crippen LogP contribution < -0.4 is 16.0 Å². The monoisotopic (exact) mass is 333 g/mol. The normalized spacial score (nSPS) is 22.5. The number of nitrogens with two attached hydrogens (primary N) is 1. The fourth-order valence-electron chi connectivity index (χ4n) is 3.45. The molecule has 2 aliphatic rings. The van der Waals surface area contributed by atoms with Crippen molar-refractivity contribution in [2.75, 3.05) is 26.3 Å². The molecule has 6 nitrogen and oxygen atoms in total. The van der Waals surface area contributed by atoms with E-state index in [-0.39, 0.29) is 17.9 Å². The smallest absolute Gasteiger partial charge is 0.237 e. The van der Waals surface area contributed by atoms with Crippen LogP contribution in [-0.4, -0.2) is 43.2 Å². The van der Waals surface area contributed by atoms with Gasteiger partial charge in [0.2, 0.25) is 5.91 Å². The minimum atomic E-state index is -0.0463. The van der Waals surface area contributed by atoms with Crippen LogP contribution in [0.2, 0.25) is 0 Å². The number of hydrogen-bond donors (Lipinski definition) is 2. The Bertz CT molecular complexity index is 538. The number of hydrogen-bond acceptors (Lipinski definition) is 5. The van der Waals surface area contributed by atoms with Gasteiger partial charge in [0.25, 0.3) is 0 Å². The van der Waals surface area contributed by atoms with E-state index in [0.29, 0.717) is 6.61 Å². The van der Waals surface area contributed by atoms with Crippen LogP contribution in [0.1, 0.15) is 31.2 Å². The van der Waals surface area contributed by atoms with Crippen LogP contribution in [0.3, 0.4) is 0 Å². The number of carbonyl (C=O) groups excluding carboxylic acids is 1. The number of carbonyl (C=O) groups is 1. The summed E-state index contributed by atoms with van der Waals surface area (Å²) >= 11 is 0. The predicted octanol–water partition coefficient (Wildman–Crippen LogP) is 1.45. The summed E-state index contributed by atoms with van der Waals surface area (Å²) in [5.41, 5.74) is 3.45. The molecule has 1 amide bonds. The highest BCUT2D eigenvalue weighted by Gasteiger charge is 2.25. The van der Waals surface area contributed by atoms with Crippen LogP contribution in [0.25, 0.3) is 0 Å². The van der Waals surface area contributed by atoms with Crippen molar-refractivity contribution >= 4 is 5.91 Å². The van der Waals surface area contributed by atoms with Gasteiger partial charge in [-0.1, -0.05) is 18.2 Å². The van der Waals surface area contributed by atoms with E-state index in [1.807, 2.05) is 18.2 Å². The van der Waals surface area contributed by atoms with E-state index in [0.717, 1.165) is 57.7 Å². The molecule has 0 saturated carbocycles. The lowest BCUT2D eigenvalue weighted by Crippen LogP contribution is -2.42. The fraction of sp³-hybridized carbons (Fsp3) is 0.611. The molecular formula is C18H27N3O3. The highest BCUT2D eigenvalue weighted by atomic mass is 16.5. The van der Waals surface area contributed by atoms with Gasteiger partial charge in [-0.25, -0.2) is 5.84 Å². The summed E-state index contributed by atoms with van der Waals surface area (Å²) in [6.07, 6.45) is 4.13. The summed E-state index contributed by atoms with van der Waals surface area (Å²) in [6.45, 7) is 4.12. The standard InChI is InChI=1S/C18H27N3O3/c19-20-18(22)14-7-9-21(10-8-14)12-15-4-1-2-6-17(15)24-13-16-5-3-11-23-16/h1-2,4,6,14,16H,3,5,7-13,19H2,(H,20,22). The Hall–Kier alpha value is -1.63. The molecule has 2 aliphatic heterocycles. The van der Waals surface area contributed by atoms with Crippen LogP contribution in [0.15, 0.2) is 24.3 Å². The number of likely N-dealkylation sites (tertiary alicyclic amines) is 1. The van der Waals surface area contributed by atoms with Gasteiger partial charge in [0, 0.05) is 24.6 Å². The number of benzene rings is 1. The maximum absolute atomic E-state index is 11.6. The van der Waals surface area contributed by atoms with Gasteiger partial charge in [0.15, 0.2) is 0 Å². The second kappa shape index (κ2) is 8.46. The van der Waals surface area contributed by atoms with Gasteiger partial charge in [-0.15, -0.1) is 0 Å². The fourth-order valence-corrected chi connectivity index (χ4v) is 3.45. The average molecular weight is 333 g/mol. The molecule has 0 aromatic heterocycles. The Balaban J connectivity index is 1.52. The molecule has 0 bridgehead atoms. The Morgan fingerprint density at radius 1 is 1.29 bits per heavy atom. The Morgan fingerprint density at radius 2 is 2.08 bits per heavy atom. The Kier molecular flexibility index (Phi) is 6.07. The van der Waals surface area contributed by atoms with Gasteiger partial charge in [-0.3, -0.25) is 15.1 Å². The number of para-hydroxylation sites is 1. The van der Waals surface area contributed by atoms with Crippen molar-refractivity contribution in [3.05, 3.63) is 29.8 Å². The van der Waals surface area contributed by atoms with Crippen LogP contribution in [0, 0.1) is 5.92 Å². The van der Waals surface area contributed by atoms with Gasteiger partial charge in [-0.2, -0.15) is 0 Å². The maximum Gasteiger partial charge on any atom is 0.237 e. The van der Waals surface area contributed by atoms with Crippen LogP contribution in [0.4, 0.5) is 0 Å². The van der Waals surface area contributed by atoms with Crippen molar-refractivity contribution in [1.82, 2.24) is 10.3 Å². The highest BCUT2D eigenvalue weighted by Crippen LogP contribution is 2.24. The molecule has 1 atom stereocenters. The maximum atomic E-state index is 11.6. The molecule has 6 heteroatoms. The average Bonchev–Trinajstić information content (AvgIpc) is 3.14. The number of hydrazine groups is 1. The van der Waals surface area contributed by atoms with E-state index in [1.54, 1.807) is 0 Å². The third-order valence-corrected chi connectivity index (χ3v) is 4.92. The number of piperidine rings is 1. The molecule has 2 heterocycles. The summed E-state index contributed by atoms with van der Waals surface area (Å²) in [7, 11) is 0. The van der Waals surface area contributed by atoms with Crippen molar-refractivity contribution < 1.29 is 14.3 Å². The van der Waals surface area contributed by atoms with E-state index < -0.39 is 0 Å². The molecular weight excluding hydrogens is 306 g/mol. The minimum Gasteiger partial charge on any atom is -0.491 e. The second-order valence-electron chi connectivity index (χ2n) is 6.61. The lowest BCUT2D eigenvalue weighted by atomic mass is 9.96. The molecule has 3 rings (SSSR count). The van der Waals surface area contributed by atoms with Crippen molar-refractivity contribution in [3.8, 4) is 5.75 Å². The lowest BCUT2D eigenvalue weighted by Gasteiger charge is -2.31. The third-order valence-electron chi connectivity index (χ3n) is 4.92. The molecule has 0 radical (unpaired) electrons. The third kappa shape index (κ3) is 4.47. The molecule has 0 aliphatic carbocycles. The van der Waals surface area contributed by atoms with Crippen molar-refractivity contribution in [2.24, 2.45) is 11.8 Å². The van der Waals surface area contributed by atoms with Crippen LogP contribution in [-0.2, 0) is 16.1 Å². The first-order valence-corrected chi connectivity index (χ1v) is 8.81. The number of nitrogens with one attached hydrogen (secondary N) is 1. The van der Waals surface area contributed by atoms with Gasteiger partial charge >= 0.3 is 0 Å². The molecule has 1 unspecified atom stereocenters. The summed E-state index contributed by atoms with van der Waals surface area (Å²) in [4.78, 5) is 14.0. The zero-order valence-corrected chi connectivity index (χ0v) is 14.1. The molecule has 0 spiro atoms. The minimum absolute atomic E-state index is 0.0391. The SMILES string of the molecule is NNC(=O)C1CCN(Cc2ccccc2OCC2CCCO2)CC1. The van der Waals surface area contributed by atoms with E-state index in [9.17, 15) is 4.79 Å². The van der Waals surface area contributed by atoms with Crippen molar-refractivity contribution in [2.45, 2.75) is 38.3 Å². The number of amides is 1. The Morgan fingerprint density at radius 3 is 2.79 bits per heavy atom. The number of rotatable bonds is 6. The summed E-state index contributed by atoms with van der Waals surface area (Å²) in [5.74, 6) is 6.16. The molecule has 3 N–H and O–H groups in total. The van der Waals surface area contributed by atoms with Crippen molar-refractivity contribution in [1.29, 1.82) is 0 Å². The molecule has 2 saturated heterocycles. The van der Waals surface area contributed by atoms with Crippen LogP contribution >= 0.6 is 0 Å². The van der Waals surface area contributed by atoms with E-state index >= 15 is 0 Å². The Labute approximate surface area is 143 Å². The molecule has 1 aromatic carbocycles. The first-order valence-electron chi connectivity index (χ1n) is 8.81. The van der Waals surface area contributed by atoms with E-state index in [4.69, 9.17) is 15.3 Å². The predicted molar refractivity (Wildman–Crippen MR) is 91.2 cm³/mol. The zero-order valence-electron chi connectivity index (χ0n) is 14.1. The molecule has 24 heavy (non-hydrogen) atoms. The van der Waals surface area contributed by atoms with Gasteiger partial charge in [0.1, 0.15) is 12.4 Å². The quantitative estimate of drug-likeness (QED) is 0.468. The van der Waals surface area contributed by atoms with Gasteiger partial charge in [-0.05, 0) is 44.8 Å². The van der Waals surface area contributed by atoms with Gasteiger partial charge in [0.05, 0.1) is 6.10 Å². The van der Waals surface area contributed by atoms with Crippen molar-refractivity contribution in [3.63, 3.8) is 0 Å². The van der Waals surface area contributed by atoms with E-state index in [1.165, 1.54) is 5.56 Å². The summed E-state index contributed by atoms with van der Waals surface area (Å²) in [6, 6.07) is 8.19. The summed E-state index contributed by atoms with van der Waals surface area (Å²) < 4.78 is 11.6. The number of ether oxygens (including phenoxy) is 2. The topological polar surface area (TPSA) is 76.8 Å². The molecule has 132 valence electrons. The highest BCUT2D eigenvalue weighted by molar-refractivity contribution is 5.78. The van der Waals surface area contributed by atoms with E-state index in [2.05, 4.69) is 16.4 Å². The van der Waals surface area contributed by atoms with Gasteiger partial charge < -0.3 is 9.47 Å².